The van der Waals surface area contributed by atoms with Gasteiger partial charge >= 0.3 is 5.97 Å². The van der Waals surface area contributed by atoms with Crippen molar-refractivity contribution in [3.8, 4) is 0 Å². The van der Waals surface area contributed by atoms with E-state index in [1.165, 1.54) is 0 Å². The van der Waals surface area contributed by atoms with Crippen molar-refractivity contribution in [3.05, 3.63) is 112 Å². The monoisotopic (exact) mass is 617 g/mol. The fraction of sp³-hybridized carbons (Fsp3) is 0.314. The molecule has 1 heterocycles. The van der Waals surface area contributed by atoms with Gasteiger partial charge in [0.05, 0.1) is 34.2 Å². The van der Waals surface area contributed by atoms with E-state index in [1.54, 1.807) is 13.8 Å². The number of nitrogens with zero attached hydrogens (tertiary/aromatic N) is 1. The van der Waals surface area contributed by atoms with Crippen LogP contribution in [0.3, 0.4) is 0 Å². The van der Waals surface area contributed by atoms with Crippen molar-refractivity contribution in [3.63, 3.8) is 0 Å². The summed E-state index contributed by atoms with van der Waals surface area (Å²) in [6.07, 6.45) is 5.58. The molecule has 43 heavy (non-hydrogen) atoms. The molecule has 6 nitrogen and oxygen atoms in total. The number of aromatic nitrogens is 1. The van der Waals surface area contributed by atoms with Crippen molar-refractivity contribution >= 4 is 50.5 Å². The van der Waals surface area contributed by atoms with Crippen LogP contribution in [0.15, 0.2) is 78.9 Å². The molecule has 4 aromatic rings. The fourth-order valence-corrected chi connectivity index (χ4v) is 8.47. The van der Waals surface area contributed by atoms with E-state index in [-0.39, 0.29) is 12.2 Å². The van der Waals surface area contributed by atoms with Crippen molar-refractivity contribution in [2.45, 2.75) is 56.8 Å². The smallest absolute Gasteiger partial charge is 0.303 e. The maximum Gasteiger partial charge on any atom is 0.303 e. The van der Waals surface area contributed by atoms with Gasteiger partial charge in [0.1, 0.15) is 0 Å². The second-order valence-electron chi connectivity index (χ2n) is 12.2. The lowest BCUT2D eigenvalue weighted by molar-refractivity contribution is -0.138. The molecule has 0 saturated heterocycles. The second kappa shape index (κ2) is 12.2. The molecule has 224 valence electrons. The second-order valence-corrected chi connectivity index (χ2v) is 14.8. The third kappa shape index (κ3) is 7.71. The van der Waals surface area contributed by atoms with Crippen LogP contribution in [0.4, 0.5) is 0 Å². The van der Waals surface area contributed by atoms with Crippen molar-refractivity contribution < 1.29 is 23.4 Å². The van der Waals surface area contributed by atoms with Crippen LogP contribution >= 0.6 is 11.6 Å². The van der Waals surface area contributed by atoms with E-state index in [4.69, 9.17) is 11.6 Å². The minimum Gasteiger partial charge on any atom is -0.481 e. The molecule has 1 saturated carbocycles. The first-order chi connectivity index (χ1) is 20.3. The molecule has 0 radical (unpaired) electrons. The number of carboxylic acids is 1. The number of benzene rings is 3. The van der Waals surface area contributed by atoms with E-state index in [0.29, 0.717) is 36.3 Å². The Hall–Kier alpha value is -3.52. The molecule has 2 N–H and O–H groups in total. The van der Waals surface area contributed by atoms with Gasteiger partial charge in [0.15, 0.2) is 9.84 Å². The highest BCUT2D eigenvalue weighted by Crippen LogP contribution is 2.51. The van der Waals surface area contributed by atoms with E-state index in [9.17, 15) is 23.4 Å². The molecule has 0 aliphatic heterocycles. The molecule has 1 aliphatic rings. The van der Waals surface area contributed by atoms with Crippen LogP contribution in [0.25, 0.3) is 23.1 Å². The summed E-state index contributed by atoms with van der Waals surface area (Å²) in [6, 6.07) is 24.5. The number of rotatable bonds is 12. The predicted octanol–water partition coefficient (Wildman–Crippen LogP) is 7.63. The van der Waals surface area contributed by atoms with Crippen LogP contribution in [0.2, 0.25) is 5.02 Å². The average molecular weight is 618 g/mol. The Morgan fingerprint density at radius 3 is 2.49 bits per heavy atom. The lowest BCUT2D eigenvalue weighted by Gasteiger charge is -2.24. The van der Waals surface area contributed by atoms with Crippen molar-refractivity contribution in [2.75, 3.05) is 5.75 Å². The minimum atomic E-state index is -3.72. The summed E-state index contributed by atoms with van der Waals surface area (Å²) in [5.74, 6) is -1.13. The van der Waals surface area contributed by atoms with Gasteiger partial charge in [-0.15, -0.1) is 0 Å². The Kier molecular flexibility index (Phi) is 8.80. The zero-order valence-corrected chi connectivity index (χ0v) is 25.9. The topological polar surface area (TPSA) is 105 Å². The predicted molar refractivity (Wildman–Crippen MR) is 173 cm³/mol. The number of fused-ring (bicyclic) bond motifs is 1. The molecule has 0 amide bonds. The number of carboxylic acid groups (broad SMARTS) is 1. The molecule has 8 heteroatoms. The molecular weight excluding hydrogens is 582 g/mol. The highest BCUT2D eigenvalue weighted by molar-refractivity contribution is 7.91. The Morgan fingerprint density at radius 1 is 1.02 bits per heavy atom. The average Bonchev–Trinajstić information content (AvgIpc) is 3.68. The first kappa shape index (κ1) is 30.9. The van der Waals surface area contributed by atoms with Gasteiger partial charge in [0.25, 0.3) is 0 Å². The summed E-state index contributed by atoms with van der Waals surface area (Å²) in [4.78, 5) is 16.2. The van der Waals surface area contributed by atoms with E-state index in [2.05, 4.69) is 4.98 Å². The molecule has 1 atom stereocenters. The maximum absolute atomic E-state index is 14.0. The largest absolute Gasteiger partial charge is 0.481 e. The Bertz CT molecular complexity index is 1790. The van der Waals surface area contributed by atoms with Gasteiger partial charge < -0.3 is 10.2 Å². The first-order valence-electron chi connectivity index (χ1n) is 14.4. The van der Waals surface area contributed by atoms with Crippen molar-refractivity contribution in [1.82, 2.24) is 4.98 Å². The van der Waals surface area contributed by atoms with Gasteiger partial charge in [-0.05, 0) is 91.5 Å². The Morgan fingerprint density at radius 2 is 1.77 bits per heavy atom. The minimum absolute atomic E-state index is 0.146. The van der Waals surface area contributed by atoms with E-state index in [0.717, 1.165) is 33.3 Å². The van der Waals surface area contributed by atoms with Crippen LogP contribution in [0.1, 0.15) is 72.7 Å². The van der Waals surface area contributed by atoms with Crippen LogP contribution in [0.5, 0.6) is 0 Å². The molecule has 0 spiro atoms. The van der Waals surface area contributed by atoms with Crippen LogP contribution in [-0.2, 0) is 26.7 Å². The zero-order chi connectivity index (χ0) is 30.8. The lowest BCUT2D eigenvalue weighted by Crippen LogP contribution is -2.26. The number of hydrogen-bond acceptors (Lipinski definition) is 5. The van der Waals surface area contributed by atoms with Gasteiger partial charge in [-0.2, -0.15) is 0 Å². The van der Waals surface area contributed by atoms with Crippen molar-refractivity contribution in [2.24, 2.45) is 5.41 Å². The Balaban J connectivity index is 1.45. The molecule has 1 unspecified atom stereocenters. The van der Waals surface area contributed by atoms with E-state index < -0.39 is 32.1 Å². The normalized spacial score (nSPS) is 15.5. The molecule has 1 fully saturated rings. The number of aliphatic hydroxyl groups is 1. The highest BCUT2D eigenvalue weighted by Gasteiger charge is 2.49. The van der Waals surface area contributed by atoms with Crippen LogP contribution < -0.4 is 0 Å². The van der Waals surface area contributed by atoms with E-state index in [1.807, 2.05) is 91.0 Å². The third-order valence-corrected chi connectivity index (χ3v) is 10.8. The third-order valence-electron chi connectivity index (χ3n) is 8.18. The zero-order valence-electron chi connectivity index (χ0n) is 24.3. The van der Waals surface area contributed by atoms with Gasteiger partial charge in [0.2, 0.25) is 0 Å². The summed E-state index contributed by atoms with van der Waals surface area (Å²) in [5.41, 5.74) is 2.90. The maximum atomic E-state index is 14.0. The molecule has 0 bridgehead atoms. The number of aliphatic carboxylic acids is 1. The van der Waals surface area contributed by atoms with E-state index >= 15 is 0 Å². The molecule has 1 aliphatic carbocycles. The number of pyridine rings is 1. The Labute approximate surface area is 258 Å². The SMILES string of the molecule is CC(C)(O)c1ccccc1CCC(c1cccc(/C=C/c2ccc3ccc(Cl)cc3n2)c1)S(=O)(=O)CC1(CC(=O)O)CC1. The molecule has 3 aromatic carbocycles. The number of hydrogen-bond donors (Lipinski definition) is 2. The number of halogens is 1. The first-order valence-corrected chi connectivity index (χ1v) is 16.5. The van der Waals surface area contributed by atoms with Gasteiger partial charge in [-0.25, -0.2) is 13.4 Å². The summed E-state index contributed by atoms with van der Waals surface area (Å²) in [6.45, 7) is 3.44. The number of sulfone groups is 1. The quantitative estimate of drug-likeness (QED) is 0.169. The fourth-order valence-electron chi connectivity index (χ4n) is 5.82. The van der Waals surface area contributed by atoms with Gasteiger partial charge in [0, 0.05) is 10.4 Å². The summed E-state index contributed by atoms with van der Waals surface area (Å²) in [7, 11) is -3.72. The highest BCUT2D eigenvalue weighted by atomic mass is 35.5. The standard InChI is InChI=1S/C35H36ClNO5S/c1-34(2,40)30-9-4-3-7-25(30)13-17-32(43(41,42)23-35(18-19-35)22-33(38)39)27-8-5-6-24(20-27)10-15-29-16-12-26-11-14-28(36)21-31(26)37-29/h3-12,14-16,20-21,32,40H,13,17-19,22-23H2,1-2H3,(H,38,39)/b15-10+. The summed E-state index contributed by atoms with van der Waals surface area (Å²) >= 11 is 6.14. The number of carbonyl (C=O) groups is 1. The lowest BCUT2D eigenvalue weighted by atomic mass is 9.90. The van der Waals surface area contributed by atoms with Crippen LogP contribution in [-0.4, -0.2) is 35.3 Å². The summed E-state index contributed by atoms with van der Waals surface area (Å²) < 4.78 is 28.1. The van der Waals surface area contributed by atoms with Crippen molar-refractivity contribution in [1.29, 1.82) is 0 Å². The molecule has 1 aromatic heterocycles. The summed E-state index contributed by atoms with van der Waals surface area (Å²) in [5, 5.41) is 20.9. The van der Waals surface area contributed by atoms with Gasteiger partial charge in [-0.1, -0.05) is 78.3 Å². The van der Waals surface area contributed by atoms with Gasteiger partial charge in [-0.3, -0.25) is 4.79 Å². The molecular formula is C35H36ClNO5S. The number of aryl methyl sites for hydroxylation is 1. The van der Waals surface area contributed by atoms with Crippen LogP contribution in [0, 0.1) is 5.41 Å². The molecule has 5 rings (SSSR count).